The van der Waals surface area contributed by atoms with Crippen LogP contribution in [0.1, 0.15) is 21.6 Å². The second kappa shape index (κ2) is 7.71. The maximum atomic E-state index is 12.2. The van der Waals surface area contributed by atoms with E-state index in [-0.39, 0.29) is 12.1 Å². The average Bonchev–Trinajstić information content (AvgIpc) is 2.61. The average molecular weight is 309 g/mol. The smallest absolute Gasteiger partial charge is 0.328 e. The molecule has 0 aliphatic rings. The van der Waals surface area contributed by atoms with Gasteiger partial charge in [-0.2, -0.15) is 5.26 Å². The Morgan fingerprint density at radius 1 is 1.26 bits per heavy atom. The van der Waals surface area contributed by atoms with Crippen LogP contribution < -0.4 is 5.32 Å². The van der Waals surface area contributed by atoms with Crippen molar-refractivity contribution in [2.75, 3.05) is 7.11 Å². The standard InChI is InChI=1S/C17H15N3O3/c1-23-17(22)15(10-12-6-2-3-7-13(12)11-18)20-16(21)14-8-4-5-9-19-14/h2-9,15H,10H2,1H3,(H,20,21)/t15-/m1/s1. The van der Waals surface area contributed by atoms with Gasteiger partial charge in [0.15, 0.2) is 0 Å². The highest BCUT2D eigenvalue weighted by molar-refractivity contribution is 5.95. The van der Waals surface area contributed by atoms with E-state index in [2.05, 4.69) is 16.4 Å². The maximum Gasteiger partial charge on any atom is 0.328 e. The van der Waals surface area contributed by atoms with Gasteiger partial charge in [-0.15, -0.1) is 0 Å². The van der Waals surface area contributed by atoms with Crippen molar-refractivity contribution >= 4 is 11.9 Å². The van der Waals surface area contributed by atoms with Crippen molar-refractivity contribution < 1.29 is 14.3 Å². The molecule has 1 aromatic heterocycles. The van der Waals surface area contributed by atoms with Crippen LogP contribution in [0.15, 0.2) is 48.7 Å². The van der Waals surface area contributed by atoms with Crippen LogP contribution in [0, 0.1) is 11.3 Å². The number of nitrogens with zero attached hydrogens (tertiary/aromatic N) is 2. The number of benzene rings is 1. The Labute approximate surface area is 133 Å². The quantitative estimate of drug-likeness (QED) is 0.844. The first-order valence-electron chi connectivity index (χ1n) is 6.93. The number of nitriles is 1. The Morgan fingerprint density at radius 2 is 2.00 bits per heavy atom. The normalized spacial score (nSPS) is 11.1. The number of hydrogen-bond donors (Lipinski definition) is 1. The minimum atomic E-state index is -0.899. The Hall–Kier alpha value is -3.20. The van der Waals surface area contributed by atoms with Gasteiger partial charge in [-0.25, -0.2) is 4.79 Å². The lowest BCUT2D eigenvalue weighted by molar-refractivity contribution is -0.142. The van der Waals surface area contributed by atoms with Gasteiger partial charge in [0.2, 0.25) is 0 Å². The second-order valence-electron chi connectivity index (χ2n) is 4.74. The number of carbonyl (C=O) groups excluding carboxylic acids is 2. The zero-order valence-electron chi connectivity index (χ0n) is 12.5. The van der Waals surface area contributed by atoms with Crippen molar-refractivity contribution in [1.82, 2.24) is 10.3 Å². The van der Waals surface area contributed by atoms with Crippen molar-refractivity contribution in [1.29, 1.82) is 5.26 Å². The van der Waals surface area contributed by atoms with Gasteiger partial charge >= 0.3 is 5.97 Å². The van der Waals surface area contributed by atoms with Crippen LogP contribution in [0.4, 0.5) is 0 Å². The van der Waals surface area contributed by atoms with Gasteiger partial charge in [-0.1, -0.05) is 24.3 Å². The summed E-state index contributed by atoms with van der Waals surface area (Å²) in [5.74, 6) is -1.06. The molecule has 0 spiro atoms. The second-order valence-corrected chi connectivity index (χ2v) is 4.74. The van der Waals surface area contributed by atoms with E-state index in [1.165, 1.54) is 13.3 Å². The molecular formula is C17H15N3O3. The van der Waals surface area contributed by atoms with E-state index in [4.69, 9.17) is 10.00 Å². The van der Waals surface area contributed by atoms with Gasteiger partial charge in [-0.05, 0) is 23.8 Å². The van der Waals surface area contributed by atoms with Gasteiger partial charge in [0.25, 0.3) is 5.91 Å². The number of esters is 1. The molecule has 0 aliphatic heterocycles. The first-order chi connectivity index (χ1) is 11.2. The third-order valence-corrected chi connectivity index (χ3v) is 3.25. The van der Waals surface area contributed by atoms with E-state index in [1.807, 2.05) is 0 Å². The highest BCUT2D eigenvalue weighted by Gasteiger charge is 2.24. The Balaban J connectivity index is 2.20. The van der Waals surface area contributed by atoms with Crippen LogP contribution in [-0.2, 0) is 16.0 Å². The number of methoxy groups -OCH3 is 1. The monoisotopic (exact) mass is 309 g/mol. The number of ether oxygens (including phenoxy) is 1. The Morgan fingerprint density at radius 3 is 2.65 bits per heavy atom. The molecule has 1 atom stereocenters. The van der Waals surface area contributed by atoms with E-state index in [0.29, 0.717) is 11.1 Å². The van der Waals surface area contributed by atoms with Crippen LogP contribution in [0.3, 0.4) is 0 Å². The maximum absolute atomic E-state index is 12.2. The van der Waals surface area contributed by atoms with Gasteiger partial charge < -0.3 is 10.1 Å². The van der Waals surface area contributed by atoms with Crippen LogP contribution in [0.25, 0.3) is 0 Å². The van der Waals surface area contributed by atoms with E-state index >= 15 is 0 Å². The molecule has 6 heteroatoms. The highest BCUT2D eigenvalue weighted by atomic mass is 16.5. The number of rotatable bonds is 5. The van der Waals surface area contributed by atoms with Crippen molar-refractivity contribution in [3.8, 4) is 6.07 Å². The number of nitrogens with one attached hydrogen (secondary N) is 1. The Bertz CT molecular complexity index is 738. The molecule has 1 N–H and O–H groups in total. The molecule has 0 saturated heterocycles. The summed E-state index contributed by atoms with van der Waals surface area (Å²) in [5, 5.41) is 11.7. The minimum absolute atomic E-state index is 0.162. The number of hydrogen-bond acceptors (Lipinski definition) is 5. The van der Waals surface area contributed by atoms with Crippen LogP contribution in [0.2, 0.25) is 0 Å². The van der Waals surface area contributed by atoms with E-state index in [9.17, 15) is 9.59 Å². The molecule has 0 aliphatic carbocycles. The zero-order valence-corrected chi connectivity index (χ0v) is 12.5. The van der Waals surface area contributed by atoms with Crippen LogP contribution in [-0.4, -0.2) is 30.0 Å². The topological polar surface area (TPSA) is 92.1 Å². The minimum Gasteiger partial charge on any atom is -0.467 e. The number of aromatic nitrogens is 1. The lowest BCUT2D eigenvalue weighted by Crippen LogP contribution is -2.43. The van der Waals surface area contributed by atoms with Crippen molar-refractivity contribution in [3.05, 3.63) is 65.5 Å². The first kappa shape index (κ1) is 16.2. The van der Waals surface area contributed by atoms with E-state index in [1.54, 1.807) is 42.5 Å². The molecule has 6 nitrogen and oxygen atoms in total. The molecule has 0 radical (unpaired) electrons. The molecule has 1 amide bonds. The molecule has 116 valence electrons. The molecule has 0 saturated carbocycles. The molecule has 1 heterocycles. The highest BCUT2D eigenvalue weighted by Crippen LogP contribution is 2.11. The molecule has 0 unspecified atom stereocenters. The van der Waals surface area contributed by atoms with Gasteiger partial charge in [0.05, 0.1) is 18.7 Å². The molecule has 23 heavy (non-hydrogen) atoms. The predicted molar refractivity (Wildman–Crippen MR) is 82.4 cm³/mol. The summed E-state index contributed by atoms with van der Waals surface area (Å²) < 4.78 is 4.74. The van der Waals surface area contributed by atoms with Crippen molar-refractivity contribution in [2.45, 2.75) is 12.5 Å². The lowest BCUT2D eigenvalue weighted by Gasteiger charge is -2.17. The van der Waals surface area contributed by atoms with Crippen molar-refractivity contribution in [2.24, 2.45) is 0 Å². The summed E-state index contributed by atoms with van der Waals surface area (Å²) >= 11 is 0. The summed E-state index contributed by atoms with van der Waals surface area (Å²) in [6.07, 6.45) is 1.65. The van der Waals surface area contributed by atoms with Gasteiger partial charge in [0.1, 0.15) is 11.7 Å². The summed E-state index contributed by atoms with van der Waals surface area (Å²) in [7, 11) is 1.25. The van der Waals surface area contributed by atoms with Crippen LogP contribution >= 0.6 is 0 Å². The number of pyridine rings is 1. The first-order valence-corrected chi connectivity index (χ1v) is 6.93. The summed E-state index contributed by atoms with van der Waals surface area (Å²) in [6, 6.07) is 13.0. The van der Waals surface area contributed by atoms with Gasteiger partial charge in [0, 0.05) is 12.6 Å². The van der Waals surface area contributed by atoms with Gasteiger partial charge in [-0.3, -0.25) is 9.78 Å². The summed E-state index contributed by atoms with van der Waals surface area (Å²) in [5.41, 5.74) is 1.31. The summed E-state index contributed by atoms with van der Waals surface area (Å²) in [4.78, 5) is 28.1. The molecule has 0 fully saturated rings. The molecule has 2 aromatic rings. The molecular weight excluding hydrogens is 294 g/mol. The third kappa shape index (κ3) is 4.14. The largest absolute Gasteiger partial charge is 0.467 e. The molecule has 1 aromatic carbocycles. The molecule has 0 bridgehead atoms. The predicted octanol–water partition coefficient (Wildman–Crippen LogP) is 1.47. The summed E-state index contributed by atoms with van der Waals surface area (Å²) in [6.45, 7) is 0. The lowest BCUT2D eigenvalue weighted by atomic mass is 10.0. The fourth-order valence-electron chi connectivity index (χ4n) is 2.09. The molecule has 2 rings (SSSR count). The number of amides is 1. The zero-order chi connectivity index (χ0) is 16.7. The fourth-order valence-corrected chi connectivity index (χ4v) is 2.09. The Kier molecular flexibility index (Phi) is 5.42. The third-order valence-electron chi connectivity index (χ3n) is 3.25. The SMILES string of the molecule is COC(=O)[C@@H](Cc1ccccc1C#N)NC(=O)c1ccccn1. The number of carbonyl (C=O) groups is 2. The fraction of sp³-hybridized carbons (Fsp3) is 0.176. The van der Waals surface area contributed by atoms with E-state index < -0.39 is 17.9 Å². The van der Waals surface area contributed by atoms with Crippen molar-refractivity contribution in [3.63, 3.8) is 0 Å². The van der Waals surface area contributed by atoms with Crippen LogP contribution in [0.5, 0.6) is 0 Å². The van der Waals surface area contributed by atoms with E-state index in [0.717, 1.165) is 0 Å².